The monoisotopic (exact) mass is 316 g/mol. The molecule has 1 N–H and O–H groups in total. The summed E-state index contributed by atoms with van der Waals surface area (Å²) in [6.07, 6.45) is 1.10. The van der Waals surface area contributed by atoms with Crippen molar-refractivity contribution in [2.75, 3.05) is 11.0 Å². The van der Waals surface area contributed by atoms with E-state index in [0.717, 1.165) is 28.0 Å². The van der Waals surface area contributed by atoms with Crippen LogP contribution >= 0.6 is 22.9 Å². The largest absolute Gasteiger partial charge is 0.259 e. The summed E-state index contributed by atoms with van der Waals surface area (Å²) in [6, 6.07) is 5.68. The Morgan fingerprint density at radius 2 is 2.00 bits per heavy atom. The number of aromatic nitrogens is 1. The molecule has 0 spiro atoms. The lowest BCUT2D eigenvalue weighted by molar-refractivity contribution is 0.607. The summed E-state index contributed by atoms with van der Waals surface area (Å²) in [5.41, 5.74) is 2.62. The van der Waals surface area contributed by atoms with E-state index >= 15 is 0 Å². The highest BCUT2D eigenvalue weighted by Crippen LogP contribution is 2.32. The lowest BCUT2D eigenvalue weighted by atomic mass is 10.1. The summed E-state index contributed by atoms with van der Waals surface area (Å²) in [5, 5.41) is 1.04. The number of thiazole rings is 1. The molecule has 0 radical (unpaired) electrons. The van der Waals surface area contributed by atoms with E-state index in [0.29, 0.717) is 10.2 Å². The van der Waals surface area contributed by atoms with Gasteiger partial charge in [0.15, 0.2) is 5.13 Å². The molecule has 0 aliphatic carbocycles. The number of nitrogens with one attached hydrogen (secondary N) is 1. The SMILES string of the molecule is Cc1ccc(-c2nc(NS(C)(=O)=O)sc2C)cc1Cl. The molecule has 4 nitrogen and oxygen atoms in total. The van der Waals surface area contributed by atoms with Gasteiger partial charge in [-0.05, 0) is 25.5 Å². The fourth-order valence-electron chi connectivity index (χ4n) is 1.61. The van der Waals surface area contributed by atoms with Gasteiger partial charge in [-0.25, -0.2) is 13.4 Å². The lowest BCUT2D eigenvalue weighted by Crippen LogP contribution is -2.09. The predicted octanol–water partition coefficient (Wildman–Crippen LogP) is 3.45. The maximum Gasteiger partial charge on any atom is 0.231 e. The highest BCUT2D eigenvalue weighted by atomic mass is 35.5. The number of aryl methyl sites for hydroxylation is 2. The number of benzene rings is 1. The summed E-state index contributed by atoms with van der Waals surface area (Å²) in [5.74, 6) is 0. The molecule has 2 aromatic rings. The molecule has 0 amide bonds. The van der Waals surface area contributed by atoms with Crippen LogP contribution < -0.4 is 4.72 Å². The molecule has 7 heteroatoms. The Morgan fingerprint density at radius 3 is 2.58 bits per heavy atom. The molecule has 0 aliphatic heterocycles. The molecule has 1 aromatic heterocycles. The van der Waals surface area contributed by atoms with Crippen LogP contribution in [0.2, 0.25) is 5.02 Å². The van der Waals surface area contributed by atoms with Crippen LogP contribution in [0, 0.1) is 13.8 Å². The smallest absolute Gasteiger partial charge is 0.231 e. The minimum absolute atomic E-state index is 0.367. The average molecular weight is 317 g/mol. The first-order chi connectivity index (χ1) is 8.76. The van der Waals surface area contributed by atoms with Gasteiger partial charge < -0.3 is 0 Å². The number of hydrogen-bond acceptors (Lipinski definition) is 4. The minimum atomic E-state index is -3.31. The van der Waals surface area contributed by atoms with Gasteiger partial charge in [0, 0.05) is 15.5 Å². The van der Waals surface area contributed by atoms with Crippen LogP contribution in [0.4, 0.5) is 5.13 Å². The van der Waals surface area contributed by atoms with Crippen LogP contribution in [0.25, 0.3) is 11.3 Å². The highest BCUT2D eigenvalue weighted by molar-refractivity contribution is 7.92. The third kappa shape index (κ3) is 3.46. The molecular formula is C12H13ClN2O2S2. The first-order valence-corrected chi connectivity index (χ1v) is 8.56. The number of hydrogen-bond donors (Lipinski definition) is 1. The Bertz CT molecular complexity index is 723. The molecule has 0 fully saturated rings. The highest BCUT2D eigenvalue weighted by Gasteiger charge is 2.13. The molecule has 0 atom stereocenters. The van der Waals surface area contributed by atoms with Crippen molar-refractivity contribution in [1.82, 2.24) is 4.98 Å². The minimum Gasteiger partial charge on any atom is -0.259 e. The zero-order valence-electron chi connectivity index (χ0n) is 10.7. The Balaban J connectivity index is 2.43. The van der Waals surface area contributed by atoms with E-state index in [4.69, 9.17) is 11.6 Å². The summed E-state index contributed by atoms with van der Waals surface area (Å²) in [4.78, 5) is 5.24. The summed E-state index contributed by atoms with van der Waals surface area (Å²) in [6.45, 7) is 3.82. The number of anilines is 1. The normalized spacial score (nSPS) is 11.6. The van der Waals surface area contributed by atoms with Gasteiger partial charge in [0.2, 0.25) is 10.0 Å². The second-order valence-corrected chi connectivity index (χ2v) is 7.62. The Morgan fingerprint density at radius 1 is 1.32 bits per heavy atom. The van der Waals surface area contributed by atoms with Crippen molar-refractivity contribution in [2.24, 2.45) is 0 Å². The van der Waals surface area contributed by atoms with Crippen LogP contribution in [-0.4, -0.2) is 19.7 Å². The van der Waals surface area contributed by atoms with E-state index in [2.05, 4.69) is 9.71 Å². The predicted molar refractivity (Wildman–Crippen MR) is 80.5 cm³/mol. The first-order valence-electron chi connectivity index (χ1n) is 5.48. The molecule has 0 bridgehead atoms. The number of nitrogens with zero attached hydrogens (tertiary/aromatic N) is 1. The van der Waals surface area contributed by atoms with Crippen molar-refractivity contribution in [3.63, 3.8) is 0 Å². The van der Waals surface area contributed by atoms with Crippen LogP contribution in [0.3, 0.4) is 0 Å². The van der Waals surface area contributed by atoms with Crippen molar-refractivity contribution in [2.45, 2.75) is 13.8 Å². The first kappa shape index (κ1) is 14.3. The molecule has 0 saturated carbocycles. The van der Waals surface area contributed by atoms with Crippen molar-refractivity contribution >= 4 is 38.1 Å². The van der Waals surface area contributed by atoms with E-state index in [1.165, 1.54) is 11.3 Å². The van der Waals surface area contributed by atoms with E-state index in [9.17, 15) is 8.42 Å². The lowest BCUT2D eigenvalue weighted by Gasteiger charge is -2.02. The molecule has 1 aromatic carbocycles. The van der Waals surface area contributed by atoms with Gasteiger partial charge in [-0.2, -0.15) is 0 Å². The van der Waals surface area contributed by atoms with Gasteiger partial charge in [0.05, 0.1) is 11.9 Å². The van der Waals surface area contributed by atoms with E-state index in [1.54, 1.807) is 0 Å². The molecule has 102 valence electrons. The molecule has 19 heavy (non-hydrogen) atoms. The van der Waals surface area contributed by atoms with Crippen LogP contribution in [0.5, 0.6) is 0 Å². The van der Waals surface area contributed by atoms with Crippen molar-refractivity contribution in [3.8, 4) is 11.3 Å². The van der Waals surface area contributed by atoms with Gasteiger partial charge in [0.25, 0.3) is 0 Å². The van der Waals surface area contributed by atoms with Crippen molar-refractivity contribution < 1.29 is 8.42 Å². The maximum absolute atomic E-state index is 11.2. The van der Waals surface area contributed by atoms with Crippen LogP contribution in [0.15, 0.2) is 18.2 Å². The standard InChI is InChI=1S/C12H13ClN2O2S2/c1-7-4-5-9(6-10(7)13)11-8(2)18-12(14-11)15-19(3,16)17/h4-6H,1-3H3,(H,14,15). The zero-order chi connectivity index (χ0) is 14.2. The third-order valence-electron chi connectivity index (χ3n) is 2.51. The Labute approximate surface area is 121 Å². The molecular weight excluding hydrogens is 304 g/mol. The van der Waals surface area contributed by atoms with Crippen LogP contribution in [-0.2, 0) is 10.0 Å². The quantitative estimate of drug-likeness (QED) is 0.943. The summed E-state index contributed by atoms with van der Waals surface area (Å²) >= 11 is 7.40. The molecule has 0 aliphatic rings. The zero-order valence-corrected chi connectivity index (χ0v) is 13.1. The molecule has 1 heterocycles. The number of halogens is 1. The second-order valence-electron chi connectivity index (χ2n) is 4.26. The van der Waals surface area contributed by atoms with Crippen molar-refractivity contribution in [1.29, 1.82) is 0 Å². The molecule has 0 unspecified atom stereocenters. The Kier molecular flexibility index (Phi) is 3.85. The fourth-order valence-corrected chi connectivity index (χ4v) is 3.46. The van der Waals surface area contributed by atoms with E-state index < -0.39 is 10.0 Å². The van der Waals surface area contributed by atoms with Gasteiger partial charge in [0.1, 0.15) is 0 Å². The third-order valence-corrected chi connectivity index (χ3v) is 4.50. The maximum atomic E-state index is 11.2. The average Bonchev–Trinajstić information content (AvgIpc) is 2.61. The fraction of sp³-hybridized carbons (Fsp3) is 0.250. The van der Waals surface area contributed by atoms with Gasteiger partial charge >= 0.3 is 0 Å². The molecule has 2 rings (SSSR count). The van der Waals surface area contributed by atoms with E-state index in [-0.39, 0.29) is 0 Å². The van der Waals surface area contributed by atoms with E-state index in [1.807, 2.05) is 32.0 Å². The molecule has 0 saturated heterocycles. The number of sulfonamides is 1. The van der Waals surface area contributed by atoms with Gasteiger partial charge in [-0.1, -0.05) is 23.7 Å². The number of rotatable bonds is 3. The topological polar surface area (TPSA) is 59.1 Å². The van der Waals surface area contributed by atoms with Gasteiger partial charge in [-0.15, -0.1) is 11.3 Å². The summed E-state index contributed by atoms with van der Waals surface area (Å²) in [7, 11) is -3.31. The van der Waals surface area contributed by atoms with Gasteiger partial charge in [-0.3, -0.25) is 4.72 Å². The summed E-state index contributed by atoms with van der Waals surface area (Å²) < 4.78 is 24.8. The second kappa shape index (κ2) is 5.11. The van der Waals surface area contributed by atoms with Crippen molar-refractivity contribution in [3.05, 3.63) is 33.7 Å². The van der Waals surface area contributed by atoms with Crippen LogP contribution in [0.1, 0.15) is 10.4 Å². The Hall–Kier alpha value is -1.11.